The van der Waals surface area contributed by atoms with E-state index in [0.29, 0.717) is 22.4 Å². The molecule has 1 aromatic heterocycles. The average Bonchev–Trinajstić information content (AvgIpc) is 2.94. The van der Waals surface area contributed by atoms with Gasteiger partial charge in [0.05, 0.1) is 0 Å². The number of hydrogen-bond acceptors (Lipinski definition) is 4. The van der Waals surface area contributed by atoms with Crippen molar-refractivity contribution in [2.24, 2.45) is 0 Å². The highest BCUT2D eigenvalue weighted by Gasteiger charge is 2.06. The van der Waals surface area contributed by atoms with Gasteiger partial charge in [-0.25, -0.2) is 0 Å². The van der Waals surface area contributed by atoms with Crippen molar-refractivity contribution in [1.82, 2.24) is 10.1 Å². The van der Waals surface area contributed by atoms with Crippen LogP contribution in [0.25, 0.3) is 23.5 Å². The predicted octanol–water partition coefficient (Wildman–Crippen LogP) is 4.14. The maximum atomic E-state index is 5.95. The van der Waals surface area contributed by atoms with E-state index in [1.54, 1.807) is 18.2 Å². The van der Waals surface area contributed by atoms with E-state index in [-0.39, 0.29) is 0 Å². The summed E-state index contributed by atoms with van der Waals surface area (Å²) < 4.78 is 5.19. The quantitative estimate of drug-likeness (QED) is 0.738. The van der Waals surface area contributed by atoms with Gasteiger partial charge in [-0.2, -0.15) is 4.98 Å². The Bertz CT molecular complexity index is 795. The third-order valence-corrected chi connectivity index (χ3v) is 3.09. The van der Waals surface area contributed by atoms with E-state index in [4.69, 9.17) is 21.9 Å². The maximum absolute atomic E-state index is 5.95. The van der Waals surface area contributed by atoms with Crippen molar-refractivity contribution in [2.75, 3.05) is 5.73 Å². The highest BCUT2D eigenvalue weighted by molar-refractivity contribution is 6.30. The van der Waals surface area contributed by atoms with Crippen LogP contribution in [-0.2, 0) is 0 Å². The van der Waals surface area contributed by atoms with E-state index >= 15 is 0 Å². The summed E-state index contributed by atoms with van der Waals surface area (Å²) in [5.41, 5.74) is 8.22. The van der Waals surface area contributed by atoms with Gasteiger partial charge in [-0.1, -0.05) is 41.0 Å². The molecular formula is C16H12ClN3O. The van der Waals surface area contributed by atoms with Gasteiger partial charge < -0.3 is 10.3 Å². The summed E-state index contributed by atoms with van der Waals surface area (Å²) in [6.07, 6.45) is 3.61. The molecule has 0 bridgehead atoms. The first kappa shape index (κ1) is 13.4. The van der Waals surface area contributed by atoms with Crippen molar-refractivity contribution in [3.8, 4) is 11.4 Å². The van der Waals surface area contributed by atoms with Crippen LogP contribution in [0.15, 0.2) is 53.1 Å². The zero-order valence-electron chi connectivity index (χ0n) is 11.0. The van der Waals surface area contributed by atoms with Crippen LogP contribution >= 0.6 is 11.6 Å². The number of halogens is 1. The van der Waals surface area contributed by atoms with Gasteiger partial charge in [0.25, 0.3) is 5.89 Å². The number of nitrogens with zero attached hydrogens (tertiary/aromatic N) is 2. The SMILES string of the molecule is Nc1cccc(/C=C/c2nc(-c3cccc(Cl)c3)no2)c1. The third kappa shape index (κ3) is 3.30. The molecule has 0 saturated carbocycles. The zero-order valence-corrected chi connectivity index (χ0v) is 11.8. The molecular weight excluding hydrogens is 286 g/mol. The molecule has 0 aliphatic heterocycles. The molecule has 3 rings (SSSR count). The molecule has 0 fully saturated rings. The lowest BCUT2D eigenvalue weighted by atomic mass is 10.2. The van der Waals surface area contributed by atoms with Gasteiger partial charge in [0.1, 0.15) is 0 Å². The summed E-state index contributed by atoms with van der Waals surface area (Å²) in [5, 5.41) is 4.57. The fraction of sp³-hybridized carbons (Fsp3) is 0. The number of anilines is 1. The first-order valence-electron chi connectivity index (χ1n) is 6.34. The second kappa shape index (κ2) is 5.81. The van der Waals surface area contributed by atoms with E-state index in [0.717, 1.165) is 11.1 Å². The van der Waals surface area contributed by atoms with Crippen molar-refractivity contribution < 1.29 is 4.52 Å². The molecule has 0 saturated heterocycles. The minimum absolute atomic E-state index is 0.424. The molecule has 3 aromatic rings. The van der Waals surface area contributed by atoms with Crippen LogP contribution in [0.1, 0.15) is 11.5 Å². The minimum Gasteiger partial charge on any atom is -0.399 e. The molecule has 0 aliphatic rings. The van der Waals surface area contributed by atoms with Crippen molar-refractivity contribution in [3.63, 3.8) is 0 Å². The Morgan fingerprint density at radius 1 is 1.05 bits per heavy atom. The van der Waals surface area contributed by atoms with Crippen molar-refractivity contribution in [2.45, 2.75) is 0 Å². The van der Waals surface area contributed by atoms with Gasteiger partial charge in [-0.15, -0.1) is 0 Å². The molecule has 2 N–H and O–H groups in total. The van der Waals surface area contributed by atoms with E-state index in [1.807, 2.05) is 42.5 Å². The lowest BCUT2D eigenvalue weighted by Crippen LogP contribution is -1.83. The van der Waals surface area contributed by atoms with E-state index in [1.165, 1.54) is 0 Å². The highest BCUT2D eigenvalue weighted by atomic mass is 35.5. The molecule has 0 atom stereocenters. The number of aromatic nitrogens is 2. The first-order chi connectivity index (χ1) is 10.2. The summed E-state index contributed by atoms with van der Waals surface area (Å²) in [4.78, 5) is 4.30. The van der Waals surface area contributed by atoms with Crippen molar-refractivity contribution in [3.05, 3.63) is 65.0 Å². The fourth-order valence-corrected chi connectivity index (χ4v) is 2.07. The number of nitrogens with two attached hydrogens (primary N) is 1. The first-order valence-corrected chi connectivity index (χ1v) is 6.72. The topological polar surface area (TPSA) is 64.9 Å². The third-order valence-electron chi connectivity index (χ3n) is 2.85. The molecule has 4 nitrogen and oxygen atoms in total. The Morgan fingerprint density at radius 3 is 2.71 bits per heavy atom. The molecule has 0 amide bonds. The summed E-state index contributed by atoms with van der Waals surface area (Å²) in [7, 11) is 0. The molecule has 0 radical (unpaired) electrons. The van der Waals surface area contributed by atoms with Gasteiger partial charge >= 0.3 is 0 Å². The smallest absolute Gasteiger partial charge is 0.250 e. The Hall–Kier alpha value is -2.59. The average molecular weight is 298 g/mol. The lowest BCUT2D eigenvalue weighted by molar-refractivity contribution is 0.411. The zero-order chi connectivity index (χ0) is 14.7. The molecule has 0 aliphatic carbocycles. The van der Waals surface area contributed by atoms with Crippen LogP contribution in [0.5, 0.6) is 0 Å². The van der Waals surface area contributed by atoms with Crippen molar-refractivity contribution in [1.29, 1.82) is 0 Å². The number of benzene rings is 2. The van der Waals surface area contributed by atoms with E-state index in [2.05, 4.69) is 10.1 Å². The molecule has 104 valence electrons. The molecule has 2 aromatic carbocycles. The molecule has 1 heterocycles. The summed E-state index contributed by atoms with van der Waals surface area (Å²) >= 11 is 5.95. The standard InChI is InChI=1S/C16H12ClN3O/c17-13-5-2-4-12(10-13)16-19-15(21-20-16)8-7-11-3-1-6-14(18)9-11/h1-10H,18H2/b8-7+. The van der Waals surface area contributed by atoms with Crippen LogP contribution in [0.3, 0.4) is 0 Å². The lowest BCUT2D eigenvalue weighted by Gasteiger charge is -1.94. The second-order valence-corrected chi connectivity index (χ2v) is 4.91. The molecule has 5 heteroatoms. The van der Waals surface area contributed by atoms with Gasteiger partial charge in [-0.3, -0.25) is 0 Å². The minimum atomic E-state index is 0.424. The Morgan fingerprint density at radius 2 is 1.90 bits per heavy atom. The van der Waals surface area contributed by atoms with Gasteiger partial charge in [0, 0.05) is 22.3 Å². The molecule has 0 unspecified atom stereocenters. The largest absolute Gasteiger partial charge is 0.399 e. The summed E-state index contributed by atoms with van der Waals surface area (Å²) in [5.74, 6) is 0.928. The van der Waals surface area contributed by atoms with Gasteiger partial charge in [0.15, 0.2) is 0 Å². The van der Waals surface area contributed by atoms with Crippen LogP contribution in [0.2, 0.25) is 5.02 Å². The molecule has 0 spiro atoms. The number of rotatable bonds is 3. The summed E-state index contributed by atoms with van der Waals surface area (Å²) in [6.45, 7) is 0. The van der Waals surface area contributed by atoms with Crippen molar-refractivity contribution >= 4 is 29.4 Å². The van der Waals surface area contributed by atoms with Crippen LogP contribution in [0, 0.1) is 0 Å². The predicted molar refractivity (Wildman–Crippen MR) is 84.5 cm³/mol. The number of nitrogen functional groups attached to an aromatic ring is 1. The van der Waals surface area contributed by atoms with E-state index < -0.39 is 0 Å². The second-order valence-electron chi connectivity index (χ2n) is 4.47. The fourth-order valence-electron chi connectivity index (χ4n) is 1.88. The van der Waals surface area contributed by atoms with Gasteiger partial charge in [0.2, 0.25) is 5.82 Å². The Labute approximate surface area is 126 Å². The molecule has 21 heavy (non-hydrogen) atoms. The van der Waals surface area contributed by atoms with Gasteiger partial charge in [-0.05, 0) is 35.9 Å². The van der Waals surface area contributed by atoms with Crippen LogP contribution in [0.4, 0.5) is 5.69 Å². The monoisotopic (exact) mass is 297 g/mol. The Balaban J connectivity index is 1.82. The maximum Gasteiger partial charge on any atom is 0.250 e. The highest BCUT2D eigenvalue weighted by Crippen LogP contribution is 2.20. The van der Waals surface area contributed by atoms with Crippen LogP contribution < -0.4 is 5.73 Å². The normalized spacial score (nSPS) is 11.1. The van der Waals surface area contributed by atoms with E-state index in [9.17, 15) is 0 Å². The van der Waals surface area contributed by atoms with Crippen LogP contribution in [-0.4, -0.2) is 10.1 Å². The number of hydrogen-bond donors (Lipinski definition) is 1. The summed E-state index contributed by atoms with van der Waals surface area (Å²) in [6, 6.07) is 14.8. The Kier molecular flexibility index (Phi) is 3.71.